The molecule has 0 saturated carbocycles. The molecule has 0 saturated heterocycles. The minimum atomic E-state index is -0.0503. The maximum Gasteiger partial charge on any atom is 0.252 e. The van der Waals surface area contributed by atoms with Crippen molar-refractivity contribution >= 4 is 88.7 Å². The molecule has 2 aliphatic carbocycles. The molecule has 76 heavy (non-hydrogen) atoms. The van der Waals surface area contributed by atoms with Crippen LogP contribution in [0.25, 0.3) is 42.4 Å². The maximum absolute atomic E-state index is 2.74. The average molecular weight is 1010 g/mol. The number of nitrogens with zero attached hydrogens (tertiary/aromatic N) is 2. The molecular formula is C72H75BN2S. The Balaban J connectivity index is 1.22. The van der Waals surface area contributed by atoms with Crippen molar-refractivity contribution in [3.8, 4) is 22.3 Å². The highest BCUT2D eigenvalue weighted by Crippen LogP contribution is 2.55. The summed E-state index contributed by atoms with van der Waals surface area (Å²) in [5.74, 6) is 0. The second-order valence-electron chi connectivity index (χ2n) is 27.9. The summed E-state index contributed by atoms with van der Waals surface area (Å²) in [6.07, 6.45) is 4.67. The lowest BCUT2D eigenvalue weighted by Gasteiger charge is -2.48. The van der Waals surface area contributed by atoms with Crippen LogP contribution in [0.3, 0.4) is 0 Å². The molecule has 4 aliphatic rings. The van der Waals surface area contributed by atoms with E-state index in [1.165, 1.54) is 133 Å². The monoisotopic (exact) mass is 1010 g/mol. The van der Waals surface area contributed by atoms with Gasteiger partial charge in [0.25, 0.3) is 6.71 Å². The standard InChI is InChI=1S/C72H75BN2S/c1-67(2,3)47-26-31-58(51(39-47)45-23-19-16-20-24-45)75-61-38-46(44-21-17-15-18-22-44)37-60-65(61)73(56-30-32-62-64(66(56)75)50-28-25-48(68(4,5)6)40-63(50)76-62)57-42-54-55(72(13,14)36-35-71(54,11)12)43-59(57)74(60)49-27-29-52-53(41-49)70(9,10)34-33-69(52,7)8/h15-32,37-43H,33-36H2,1-14H3. The van der Waals surface area contributed by atoms with Gasteiger partial charge in [-0.3, -0.25) is 0 Å². The van der Waals surface area contributed by atoms with E-state index in [1.54, 1.807) is 0 Å². The number of anilines is 6. The Morgan fingerprint density at radius 3 is 1.61 bits per heavy atom. The van der Waals surface area contributed by atoms with Gasteiger partial charge in [-0.05, 0) is 179 Å². The Morgan fingerprint density at radius 2 is 0.974 bits per heavy atom. The normalized spacial score (nSPS) is 17.7. The van der Waals surface area contributed by atoms with Gasteiger partial charge in [0.05, 0.1) is 11.4 Å². The zero-order valence-electron chi connectivity index (χ0n) is 47.6. The molecule has 0 spiro atoms. The zero-order chi connectivity index (χ0) is 53.2. The minimum Gasteiger partial charge on any atom is -0.311 e. The number of benzene rings is 8. The lowest BCUT2D eigenvalue weighted by atomic mass is 9.33. The van der Waals surface area contributed by atoms with Crippen LogP contribution in [0.5, 0.6) is 0 Å². The average Bonchev–Trinajstić information content (AvgIpc) is 3.94. The van der Waals surface area contributed by atoms with Crippen molar-refractivity contribution in [3.63, 3.8) is 0 Å². The molecule has 13 rings (SSSR count). The fraction of sp³-hybridized carbons (Fsp3) is 0.333. The molecule has 4 heteroatoms. The van der Waals surface area contributed by atoms with Crippen LogP contribution in [0.1, 0.15) is 156 Å². The van der Waals surface area contributed by atoms with Gasteiger partial charge >= 0.3 is 0 Å². The molecule has 3 heterocycles. The van der Waals surface area contributed by atoms with Crippen molar-refractivity contribution in [1.29, 1.82) is 0 Å². The smallest absolute Gasteiger partial charge is 0.252 e. The van der Waals surface area contributed by atoms with Crippen molar-refractivity contribution in [2.24, 2.45) is 0 Å². The summed E-state index contributed by atoms with van der Waals surface area (Å²) < 4.78 is 2.67. The Morgan fingerprint density at radius 1 is 0.421 bits per heavy atom. The van der Waals surface area contributed by atoms with Gasteiger partial charge in [0.2, 0.25) is 0 Å². The van der Waals surface area contributed by atoms with E-state index in [2.05, 4.69) is 258 Å². The number of rotatable bonds is 4. The Hall–Kier alpha value is -6.36. The second-order valence-corrected chi connectivity index (χ2v) is 29.0. The summed E-state index contributed by atoms with van der Waals surface area (Å²) in [5.41, 5.74) is 25.5. The van der Waals surface area contributed by atoms with Gasteiger partial charge in [0, 0.05) is 48.5 Å². The first-order valence-electron chi connectivity index (χ1n) is 28.3. The highest BCUT2D eigenvalue weighted by atomic mass is 32.1. The van der Waals surface area contributed by atoms with Gasteiger partial charge in [0.1, 0.15) is 0 Å². The molecule has 9 aromatic rings. The van der Waals surface area contributed by atoms with Crippen LogP contribution in [-0.2, 0) is 32.5 Å². The third kappa shape index (κ3) is 7.54. The van der Waals surface area contributed by atoms with Gasteiger partial charge in [-0.15, -0.1) is 11.3 Å². The van der Waals surface area contributed by atoms with Crippen LogP contribution in [0.4, 0.5) is 34.1 Å². The SMILES string of the molecule is CC(C)(C)c1ccc(N2c3cc(-c4ccccc4)cc4c3B(c3cc5c(cc3N4c3ccc4c(c3)C(C)(C)CCC4(C)C)C(C)(C)CCC5(C)C)c3ccc4sc5cc(C(C)(C)C)ccc5c4c32)c(-c2ccccc2)c1. The van der Waals surface area contributed by atoms with Crippen LogP contribution in [-0.4, -0.2) is 6.71 Å². The zero-order valence-corrected chi connectivity index (χ0v) is 48.5. The van der Waals surface area contributed by atoms with E-state index >= 15 is 0 Å². The van der Waals surface area contributed by atoms with Gasteiger partial charge in [-0.25, -0.2) is 0 Å². The first kappa shape index (κ1) is 49.2. The highest BCUT2D eigenvalue weighted by Gasteiger charge is 2.48. The second kappa shape index (κ2) is 16.6. The van der Waals surface area contributed by atoms with Gasteiger partial charge in [0.15, 0.2) is 0 Å². The molecule has 0 bridgehead atoms. The predicted molar refractivity (Wildman–Crippen MR) is 332 cm³/mol. The quantitative estimate of drug-likeness (QED) is 0.162. The molecule has 382 valence electrons. The third-order valence-corrected chi connectivity index (χ3v) is 20.0. The summed E-state index contributed by atoms with van der Waals surface area (Å²) in [4.78, 5) is 5.47. The first-order chi connectivity index (χ1) is 35.9. The number of hydrogen-bond acceptors (Lipinski definition) is 3. The Bertz CT molecular complexity index is 3860. The number of hydrogen-bond donors (Lipinski definition) is 0. The molecule has 0 unspecified atom stereocenters. The number of fused-ring (bicyclic) bond motifs is 10. The molecular weight excluding hydrogens is 936 g/mol. The molecule has 0 atom stereocenters. The maximum atomic E-state index is 2.74. The van der Waals surface area contributed by atoms with Crippen LogP contribution in [0, 0.1) is 0 Å². The lowest BCUT2D eigenvalue weighted by molar-refractivity contribution is 0.332. The van der Waals surface area contributed by atoms with Crippen LogP contribution >= 0.6 is 11.3 Å². The molecule has 2 aliphatic heterocycles. The van der Waals surface area contributed by atoms with Gasteiger partial charge in [-0.1, -0.05) is 194 Å². The predicted octanol–water partition coefficient (Wildman–Crippen LogP) is 18.8. The lowest BCUT2D eigenvalue weighted by Crippen LogP contribution is -2.62. The molecule has 0 N–H and O–H groups in total. The van der Waals surface area contributed by atoms with Gasteiger partial charge in [-0.2, -0.15) is 0 Å². The summed E-state index contributed by atoms with van der Waals surface area (Å²) in [6.45, 7) is 33.9. The molecule has 0 amide bonds. The van der Waals surface area contributed by atoms with E-state index in [4.69, 9.17) is 0 Å². The largest absolute Gasteiger partial charge is 0.311 e. The van der Waals surface area contributed by atoms with Crippen LogP contribution < -0.4 is 26.2 Å². The van der Waals surface area contributed by atoms with Crippen LogP contribution in [0.15, 0.2) is 152 Å². The summed E-state index contributed by atoms with van der Waals surface area (Å²) in [5, 5.41) is 2.67. The molecule has 8 aromatic carbocycles. The molecule has 1 aromatic heterocycles. The van der Waals surface area contributed by atoms with E-state index in [0.717, 1.165) is 19.3 Å². The van der Waals surface area contributed by atoms with Crippen molar-refractivity contribution in [1.82, 2.24) is 0 Å². The van der Waals surface area contributed by atoms with Crippen molar-refractivity contribution in [3.05, 3.63) is 185 Å². The van der Waals surface area contributed by atoms with Crippen molar-refractivity contribution in [2.75, 3.05) is 9.80 Å². The number of thiophene rings is 1. The van der Waals surface area contributed by atoms with Gasteiger partial charge < -0.3 is 9.80 Å². The highest BCUT2D eigenvalue weighted by molar-refractivity contribution is 7.26. The van der Waals surface area contributed by atoms with E-state index in [9.17, 15) is 0 Å². The first-order valence-corrected chi connectivity index (χ1v) is 29.1. The van der Waals surface area contributed by atoms with Crippen molar-refractivity contribution in [2.45, 2.75) is 155 Å². The molecule has 0 radical (unpaired) electrons. The fourth-order valence-electron chi connectivity index (χ4n) is 14.0. The van der Waals surface area contributed by atoms with E-state index < -0.39 is 0 Å². The summed E-state index contributed by atoms with van der Waals surface area (Å²) >= 11 is 1.95. The summed E-state index contributed by atoms with van der Waals surface area (Å²) in [6, 6.07) is 60.2. The Kier molecular flexibility index (Phi) is 10.7. The fourth-order valence-corrected chi connectivity index (χ4v) is 15.1. The van der Waals surface area contributed by atoms with Crippen molar-refractivity contribution < 1.29 is 0 Å². The third-order valence-electron chi connectivity index (χ3n) is 18.9. The Labute approximate surface area is 458 Å². The van der Waals surface area contributed by atoms with E-state index in [-0.39, 0.29) is 39.2 Å². The molecule has 0 fully saturated rings. The van der Waals surface area contributed by atoms with E-state index in [0.29, 0.717) is 0 Å². The summed E-state index contributed by atoms with van der Waals surface area (Å²) in [7, 11) is 0. The van der Waals surface area contributed by atoms with Crippen LogP contribution in [0.2, 0.25) is 0 Å². The minimum absolute atomic E-state index is 0.0206. The topological polar surface area (TPSA) is 6.48 Å². The van der Waals surface area contributed by atoms with E-state index in [1.807, 2.05) is 11.3 Å². The molecule has 2 nitrogen and oxygen atoms in total.